The largest absolute Gasteiger partial charge is 0.462 e. The van der Waals surface area contributed by atoms with Gasteiger partial charge in [0.25, 0.3) is 0 Å². The number of ether oxygens (including phenoxy) is 1. The Morgan fingerprint density at radius 2 is 2.04 bits per heavy atom. The first-order valence-corrected chi connectivity index (χ1v) is 8.49. The van der Waals surface area contributed by atoms with E-state index < -0.39 is 0 Å². The van der Waals surface area contributed by atoms with Crippen molar-refractivity contribution < 1.29 is 9.53 Å². The van der Waals surface area contributed by atoms with Gasteiger partial charge in [-0.15, -0.1) is 0 Å². The van der Waals surface area contributed by atoms with Gasteiger partial charge in [0.1, 0.15) is 11.3 Å². The molecule has 7 heteroatoms. The fourth-order valence-electron chi connectivity index (χ4n) is 3.08. The lowest BCUT2D eigenvalue weighted by atomic mass is 10.3. The summed E-state index contributed by atoms with van der Waals surface area (Å²) in [5, 5.41) is 0. The smallest absolute Gasteiger partial charge is 0.339 e. The molecule has 0 aliphatic rings. The lowest BCUT2D eigenvalue weighted by Crippen LogP contribution is -2.10. The van der Waals surface area contributed by atoms with Crippen LogP contribution in [0.1, 0.15) is 22.6 Å². The Kier molecular flexibility index (Phi) is 4.12. The molecule has 1 aromatic carbocycles. The van der Waals surface area contributed by atoms with Gasteiger partial charge in [0.2, 0.25) is 0 Å². The maximum absolute atomic E-state index is 12.2. The second kappa shape index (κ2) is 6.59. The number of para-hydroxylation sites is 2. The third-order valence-corrected chi connectivity index (χ3v) is 4.39. The molecule has 0 unspecified atom stereocenters. The zero-order valence-corrected chi connectivity index (χ0v) is 14.7. The minimum atomic E-state index is -0.378. The second-order valence-electron chi connectivity index (χ2n) is 6.21. The Balaban J connectivity index is 1.37. The summed E-state index contributed by atoms with van der Waals surface area (Å²) in [5.74, 6) is 0.583. The van der Waals surface area contributed by atoms with Gasteiger partial charge in [0.15, 0.2) is 5.65 Å². The summed E-state index contributed by atoms with van der Waals surface area (Å²) in [7, 11) is 1.86. The molecule has 3 aromatic heterocycles. The van der Waals surface area contributed by atoms with Gasteiger partial charge in [0.05, 0.1) is 29.5 Å². The number of esters is 1. The summed E-state index contributed by atoms with van der Waals surface area (Å²) in [6, 6.07) is 9.74. The van der Waals surface area contributed by atoms with Gasteiger partial charge >= 0.3 is 5.97 Å². The third kappa shape index (κ3) is 2.92. The molecule has 3 heterocycles. The highest BCUT2D eigenvalue weighted by atomic mass is 16.5. The topological polar surface area (TPSA) is 74.8 Å². The van der Waals surface area contributed by atoms with Gasteiger partial charge in [0, 0.05) is 19.8 Å². The van der Waals surface area contributed by atoms with Crippen molar-refractivity contribution in [3.8, 4) is 0 Å². The summed E-state index contributed by atoms with van der Waals surface area (Å²) in [4.78, 5) is 25.2. The number of aryl methyl sites for hydroxylation is 3. The van der Waals surface area contributed by atoms with Gasteiger partial charge in [-0.05, 0) is 31.5 Å². The molecule has 0 spiro atoms. The van der Waals surface area contributed by atoms with Gasteiger partial charge in [-0.3, -0.25) is 0 Å². The number of nitrogens with zero attached hydrogens (tertiary/aromatic N) is 5. The van der Waals surface area contributed by atoms with Crippen molar-refractivity contribution in [1.82, 2.24) is 24.1 Å². The molecule has 0 bridgehead atoms. The number of pyridine rings is 1. The van der Waals surface area contributed by atoms with Crippen molar-refractivity contribution in [3.63, 3.8) is 0 Å². The minimum absolute atomic E-state index is 0.338. The Morgan fingerprint density at radius 3 is 2.92 bits per heavy atom. The van der Waals surface area contributed by atoms with Crippen LogP contribution < -0.4 is 0 Å². The lowest BCUT2D eigenvalue weighted by molar-refractivity contribution is 0.0496. The van der Waals surface area contributed by atoms with Crippen molar-refractivity contribution in [2.75, 3.05) is 6.61 Å². The maximum atomic E-state index is 12.2. The van der Waals surface area contributed by atoms with Crippen LogP contribution in [0.3, 0.4) is 0 Å². The second-order valence-corrected chi connectivity index (χ2v) is 6.21. The molecule has 0 radical (unpaired) electrons. The average Bonchev–Trinajstić information content (AvgIpc) is 3.18. The highest BCUT2D eigenvalue weighted by molar-refractivity contribution is 5.92. The van der Waals surface area contributed by atoms with Crippen LogP contribution in [0.15, 0.2) is 42.9 Å². The Labute approximate surface area is 150 Å². The highest BCUT2D eigenvalue weighted by Crippen LogP contribution is 2.16. The number of hydrogen-bond donors (Lipinski definition) is 0. The molecule has 0 fully saturated rings. The van der Waals surface area contributed by atoms with Crippen LogP contribution in [0.4, 0.5) is 0 Å². The van der Waals surface area contributed by atoms with Crippen LogP contribution in [-0.4, -0.2) is 36.7 Å². The van der Waals surface area contributed by atoms with Gasteiger partial charge in [-0.1, -0.05) is 12.1 Å². The fourth-order valence-corrected chi connectivity index (χ4v) is 3.08. The highest BCUT2D eigenvalue weighted by Gasteiger charge is 2.11. The number of carbonyl (C=O) groups is 1. The van der Waals surface area contributed by atoms with E-state index in [0.717, 1.165) is 29.0 Å². The molecular formula is C19H19N5O2. The zero-order chi connectivity index (χ0) is 18.1. The number of fused-ring (bicyclic) bond motifs is 2. The van der Waals surface area contributed by atoms with Crippen molar-refractivity contribution in [2.45, 2.75) is 19.9 Å². The maximum Gasteiger partial charge on any atom is 0.339 e. The molecule has 0 atom stereocenters. The monoisotopic (exact) mass is 349 g/mol. The first-order chi connectivity index (χ1) is 12.6. The molecule has 4 rings (SSSR count). The quantitative estimate of drug-likeness (QED) is 0.409. The van der Waals surface area contributed by atoms with E-state index in [-0.39, 0.29) is 5.97 Å². The summed E-state index contributed by atoms with van der Waals surface area (Å²) >= 11 is 0. The van der Waals surface area contributed by atoms with E-state index in [4.69, 9.17) is 4.74 Å². The molecule has 26 heavy (non-hydrogen) atoms. The normalized spacial score (nSPS) is 11.3. The summed E-state index contributed by atoms with van der Waals surface area (Å²) in [5.41, 5.74) is 3.92. The SMILES string of the molecule is Cc1nc2ccccc2n1CCCOC(=O)c1cnc2c(c1)ncn2C. The fraction of sp³-hybridized carbons (Fsp3) is 0.263. The molecule has 0 aliphatic heterocycles. The zero-order valence-electron chi connectivity index (χ0n) is 14.7. The standard InChI is InChI=1S/C19H19N5O2/c1-13-22-15-6-3-4-7-17(15)24(13)8-5-9-26-19(25)14-10-16-18(20-11-14)23(2)12-21-16/h3-4,6-7,10-12H,5,8-9H2,1-2H3. The van der Waals surface area contributed by atoms with Crippen molar-refractivity contribution in [3.05, 3.63) is 54.2 Å². The van der Waals surface area contributed by atoms with E-state index in [1.807, 2.05) is 36.7 Å². The van der Waals surface area contributed by atoms with Crippen LogP contribution >= 0.6 is 0 Å². The Hall–Kier alpha value is -3.22. The first kappa shape index (κ1) is 16.3. The van der Waals surface area contributed by atoms with Crippen molar-refractivity contribution in [1.29, 1.82) is 0 Å². The molecule has 0 saturated carbocycles. The van der Waals surface area contributed by atoms with Crippen LogP contribution in [0, 0.1) is 6.92 Å². The molecule has 0 N–H and O–H groups in total. The number of hydrogen-bond acceptors (Lipinski definition) is 5. The van der Waals surface area contributed by atoms with E-state index in [1.165, 1.54) is 6.20 Å². The van der Waals surface area contributed by atoms with Gasteiger partial charge in [-0.25, -0.2) is 19.7 Å². The molecule has 0 amide bonds. The summed E-state index contributed by atoms with van der Waals surface area (Å²) in [6.45, 7) is 3.07. The van der Waals surface area contributed by atoms with E-state index in [9.17, 15) is 4.79 Å². The molecule has 0 saturated heterocycles. The van der Waals surface area contributed by atoms with Crippen LogP contribution in [-0.2, 0) is 18.3 Å². The Morgan fingerprint density at radius 1 is 1.19 bits per heavy atom. The summed E-state index contributed by atoms with van der Waals surface area (Å²) < 4.78 is 9.34. The van der Waals surface area contributed by atoms with Crippen molar-refractivity contribution in [2.24, 2.45) is 7.05 Å². The number of rotatable bonds is 5. The molecule has 4 aromatic rings. The van der Waals surface area contributed by atoms with Crippen LogP contribution in [0.25, 0.3) is 22.2 Å². The number of imidazole rings is 2. The average molecular weight is 349 g/mol. The molecule has 0 aliphatic carbocycles. The Bertz CT molecular complexity index is 1100. The molecule has 132 valence electrons. The van der Waals surface area contributed by atoms with Gasteiger partial charge < -0.3 is 13.9 Å². The third-order valence-electron chi connectivity index (χ3n) is 4.39. The van der Waals surface area contributed by atoms with E-state index in [0.29, 0.717) is 24.1 Å². The number of aromatic nitrogens is 5. The van der Waals surface area contributed by atoms with Crippen LogP contribution in [0.5, 0.6) is 0 Å². The lowest BCUT2D eigenvalue weighted by Gasteiger charge is -2.08. The van der Waals surface area contributed by atoms with E-state index in [2.05, 4.69) is 25.6 Å². The van der Waals surface area contributed by atoms with Gasteiger partial charge in [-0.2, -0.15) is 0 Å². The number of benzene rings is 1. The number of carbonyl (C=O) groups excluding carboxylic acids is 1. The predicted octanol–water partition coefficient (Wildman–Crippen LogP) is 2.87. The summed E-state index contributed by atoms with van der Waals surface area (Å²) in [6.07, 6.45) is 3.91. The molecule has 7 nitrogen and oxygen atoms in total. The molecular weight excluding hydrogens is 330 g/mol. The van der Waals surface area contributed by atoms with Crippen molar-refractivity contribution >= 4 is 28.2 Å². The van der Waals surface area contributed by atoms with E-state index in [1.54, 1.807) is 12.4 Å². The minimum Gasteiger partial charge on any atom is -0.462 e. The predicted molar refractivity (Wildman–Crippen MR) is 97.9 cm³/mol. The first-order valence-electron chi connectivity index (χ1n) is 8.49. The van der Waals surface area contributed by atoms with E-state index >= 15 is 0 Å². The van der Waals surface area contributed by atoms with Crippen LogP contribution in [0.2, 0.25) is 0 Å².